The second-order valence-corrected chi connectivity index (χ2v) is 14.0. The van der Waals surface area contributed by atoms with Crippen molar-refractivity contribution in [3.63, 3.8) is 0 Å². The Hall–Kier alpha value is -4.85. The van der Waals surface area contributed by atoms with Crippen molar-refractivity contribution in [1.82, 2.24) is 23.9 Å². The summed E-state index contributed by atoms with van der Waals surface area (Å²) in [5, 5.41) is 11.8. The van der Waals surface area contributed by atoms with Gasteiger partial charge in [-0.25, -0.2) is 9.78 Å². The smallest absolute Gasteiger partial charge is 0.444 e. The van der Waals surface area contributed by atoms with Gasteiger partial charge in [0.25, 0.3) is 5.56 Å². The number of amides is 2. The lowest BCUT2D eigenvalue weighted by Gasteiger charge is -2.43. The summed E-state index contributed by atoms with van der Waals surface area (Å²) in [6.07, 6.45) is -1.28. The Kier molecular flexibility index (Phi) is 9.42. The first kappa shape index (κ1) is 35.0. The number of rotatable bonds is 6. The Labute approximate surface area is 286 Å². The van der Waals surface area contributed by atoms with Gasteiger partial charge in [0, 0.05) is 49.9 Å². The molecule has 0 aliphatic carbocycles. The Morgan fingerprint density at radius 2 is 1.64 bits per heavy atom. The molecule has 2 aromatic heterocycles. The van der Waals surface area contributed by atoms with Gasteiger partial charge in [0.2, 0.25) is 5.91 Å². The second-order valence-electron chi connectivity index (χ2n) is 14.0. The molecule has 0 spiro atoms. The highest BCUT2D eigenvalue weighted by Gasteiger charge is 2.42. The van der Waals surface area contributed by atoms with Crippen molar-refractivity contribution in [3.8, 4) is 11.4 Å². The molecule has 2 atom stereocenters. The fourth-order valence-electron chi connectivity index (χ4n) is 6.81. The van der Waals surface area contributed by atoms with Gasteiger partial charge in [0.05, 0.1) is 17.5 Å². The Morgan fingerprint density at radius 3 is 2.28 bits per heavy atom. The summed E-state index contributed by atoms with van der Waals surface area (Å²) < 4.78 is 50.1. The average molecular weight is 696 g/mol. The molecule has 2 amide bonds. The molecule has 0 saturated carbocycles. The number of aliphatic hydroxyl groups is 1. The van der Waals surface area contributed by atoms with Crippen molar-refractivity contribution in [1.29, 1.82) is 0 Å². The maximum atomic E-state index is 14.0. The molecule has 2 aliphatic heterocycles. The summed E-state index contributed by atoms with van der Waals surface area (Å²) in [7, 11) is 0. The van der Waals surface area contributed by atoms with Crippen LogP contribution in [0, 0.1) is 5.92 Å². The maximum Gasteiger partial charge on any atom is 0.573 e. The third-order valence-corrected chi connectivity index (χ3v) is 9.30. The second kappa shape index (κ2) is 13.5. The lowest BCUT2D eigenvalue weighted by Crippen LogP contribution is -2.53. The average Bonchev–Trinajstić information content (AvgIpc) is 3.50. The van der Waals surface area contributed by atoms with Crippen LogP contribution in [0.15, 0.2) is 78.0 Å². The molecule has 4 aromatic rings. The van der Waals surface area contributed by atoms with Crippen molar-refractivity contribution in [2.75, 3.05) is 26.2 Å². The highest BCUT2D eigenvalue weighted by molar-refractivity contribution is 5.81. The van der Waals surface area contributed by atoms with Crippen molar-refractivity contribution in [3.05, 3.63) is 89.1 Å². The van der Waals surface area contributed by atoms with Crippen LogP contribution in [-0.4, -0.2) is 84.8 Å². The molecule has 2 saturated heterocycles. The monoisotopic (exact) mass is 695 g/mol. The molecule has 0 unspecified atom stereocenters. The van der Waals surface area contributed by atoms with Gasteiger partial charge in [-0.3, -0.25) is 14.2 Å². The number of ether oxygens (including phenoxy) is 2. The van der Waals surface area contributed by atoms with E-state index in [4.69, 9.17) is 4.74 Å². The summed E-state index contributed by atoms with van der Waals surface area (Å²) in [6, 6.07) is 16.5. The molecule has 2 aromatic carbocycles. The van der Waals surface area contributed by atoms with Gasteiger partial charge in [-0.05, 0) is 75.9 Å². The fraction of sp³-hybridized carbons (Fsp3) is 0.444. The molecule has 0 radical (unpaired) electrons. The first-order valence-corrected chi connectivity index (χ1v) is 16.6. The number of benzene rings is 2. The van der Waals surface area contributed by atoms with Crippen molar-refractivity contribution >= 4 is 23.0 Å². The highest BCUT2D eigenvalue weighted by atomic mass is 19.4. The van der Waals surface area contributed by atoms with Gasteiger partial charge in [0.1, 0.15) is 17.7 Å². The summed E-state index contributed by atoms with van der Waals surface area (Å²) in [5.74, 6) is -0.965. The molecular formula is C36H40F3N5O6. The number of piperidine rings is 2. The molecule has 14 heteroatoms. The van der Waals surface area contributed by atoms with Crippen LogP contribution in [0.2, 0.25) is 0 Å². The number of halogens is 3. The van der Waals surface area contributed by atoms with E-state index in [1.54, 1.807) is 26.6 Å². The molecule has 1 N–H and O–H groups in total. The van der Waals surface area contributed by atoms with Crippen LogP contribution in [0.3, 0.4) is 0 Å². The van der Waals surface area contributed by atoms with Crippen molar-refractivity contribution in [2.24, 2.45) is 5.92 Å². The summed E-state index contributed by atoms with van der Waals surface area (Å²) in [6.45, 7) is 6.79. The van der Waals surface area contributed by atoms with Crippen molar-refractivity contribution < 1.29 is 37.3 Å². The highest BCUT2D eigenvalue weighted by Crippen LogP contribution is 2.36. The van der Waals surface area contributed by atoms with E-state index in [2.05, 4.69) is 9.72 Å². The molecule has 266 valence electrons. The number of carbonyl (C=O) groups is 2. The first-order valence-electron chi connectivity index (χ1n) is 16.6. The summed E-state index contributed by atoms with van der Waals surface area (Å²) in [5.41, 5.74) is -0.501. The van der Waals surface area contributed by atoms with Crippen LogP contribution >= 0.6 is 0 Å². The molecule has 2 fully saturated rings. The molecule has 6 rings (SSSR count). The zero-order chi connectivity index (χ0) is 35.8. The lowest BCUT2D eigenvalue weighted by atomic mass is 9.79. The van der Waals surface area contributed by atoms with Crippen LogP contribution in [0.4, 0.5) is 18.0 Å². The molecule has 11 nitrogen and oxygen atoms in total. The maximum absolute atomic E-state index is 14.0. The number of carbonyl (C=O) groups excluding carboxylic acids is 2. The fourth-order valence-corrected chi connectivity index (χ4v) is 6.81. The van der Waals surface area contributed by atoms with E-state index in [0.717, 1.165) is 5.56 Å². The van der Waals surface area contributed by atoms with Gasteiger partial charge in [-0.1, -0.05) is 30.3 Å². The van der Waals surface area contributed by atoms with Crippen LogP contribution < -0.4 is 10.3 Å². The molecular weight excluding hydrogens is 655 g/mol. The van der Waals surface area contributed by atoms with Crippen LogP contribution in [0.25, 0.3) is 16.7 Å². The van der Waals surface area contributed by atoms with E-state index >= 15 is 0 Å². The summed E-state index contributed by atoms with van der Waals surface area (Å²) >= 11 is 0. The van der Waals surface area contributed by atoms with Crippen LogP contribution in [-0.2, 0) is 16.1 Å². The standard InChI is InChI=1S/C36H40F3N5O6/c1-34(2,3)50-33(47)42-17-13-27(29(21-42)24-7-5-4-6-8-24)31(45)41-19-15-35(48,16-20-41)22-43-23-40-30-28(32(43)46)14-18-44(30)25-9-11-26(12-10-25)49-36(37,38)39/h4-12,14,18,23,27,29,48H,13,15-17,19-22H2,1-3H3/t27-,29+/m1/s1. The van der Waals surface area contributed by atoms with E-state index in [0.29, 0.717) is 43.9 Å². The van der Waals surface area contributed by atoms with Gasteiger partial charge in [-0.2, -0.15) is 0 Å². The van der Waals surface area contributed by atoms with Crippen molar-refractivity contribution in [2.45, 2.75) is 70.1 Å². The minimum absolute atomic E-state index is 0.0214. The Morgan fingerprint density at radius 1 is 0.960 bits per heavy atom. The zero-order valence-corrected chi connectivity index (χ0v) is 28.1. The van der Waals surface area contributed by atoms with Gasteiger partial charge >= 0.3 is 12.5 Å². The lowest BCUT2D eigenvalue weighted by molar-refractivity contribution is -0.274. The third kappa shape index (κ3) is 7.80. The SMILES string of the molecule is CC(C)(C)OC(=O)N1CC[C@@H](C(=O)N2CCC(O)(Cn3cnc4c(ccn4-c4ccc(OC(F)(F)F)cc4)c3=O)CC2)[C@H](c2ccccc2)C1. The Balaban J connectivity index is 1.12. The van der Waals surface area contributed by atoms with E-state index in [-0.39, 0.29) is 53.8 Å². The van der Waals surface area contributed by atoms with Gasteiger partial charge in [0.15, 0.2) is 5.65 Å². The quantitative estimate of drug-likeness (QED) is 0.284. The van der Waals surface area contributed by atoms with E-state index in [1.165, 1.54) is 35.2 Å². The number of alkyl halides is 3. The van der Waals surface area contributed by atoms with Crippen LogP contribution in [0.1, 0.15) is 51.5 Å². The molecule has 2 aliphatic rings. The van der Waals surface area contributed by atoms with E-state index in [1.807, 2.05) is 51.1 Å². The first-order chi connectivity index (χ1) is 23.6. The number of nitrogens with zero attached hydrogens (tertiary/aromatic N) is 5. The van der Waals surface area contributed by atoms with Crippen LogP contribution in [0.5, 0.6) is 5.75 Å². The van der Waals surface area contributed by atoms with Gasteiger partial charge < -0.3 is 28.9 Å². The number of hydrogen-bond donors (Lipinski definition) is 1. The van der Waals surface area contributed by atoms with Gasteiger partial charge in [-0.15, -0.1) is 13.2 Å². The number of hydrogen-bond acceptors (Lipinski definition) is 7. The zero-order valence-electron chi connectivity index (χ0n) is 28.1. The third-order valence-electron chi connectivity index (χ3n) is 9.30. The minimum atomic E-state index is -4.81. The minimum Gasteiger partial charge on any atom is -0.444 e. The molecule has 0 bridgehead atoms. The number of aromatic nitrogens is 3. The largest absolute Gasteiger partial charge is 0.573 e. The predicted octanol–water partition coefficient (Wildman–Crippen LogP) is 5.48. The number of fused-ring (bicyclic) bond motifs is 1. The van der Waals surface area contributed by atoms with E-state index in [9.17, 15) is 32.7 Å². The van der Waals surface area contributed by atoms with E-state index < -0.39 is 23.7 Å². The Bertz CT molecular complexity index is 1890. The summed E-state index contributed by atoms with van der Waals surface area (Å²) in [4.78, 5) is 48.2. The number of likely N-dealkylation sites (tertiary alicyclic amines) is 2. The topological polar surface area (TPSA) is 119 Å². The molecule has 50 heavy (non-hydrogen) atoms. The normalized spacial score (nSPS) is 19.7. The predicted molar refractivity (Wildman–Crippen MR) is 178 cm³/mol. The molecule has 4 heterocycles.